The number of piperazine rings is 1. The van der Waals surface area contributed by atoms with Gasteiger partial charge in [-0.3, -0.25) is 14.6 Å². The normalized spacial score (nSPS) is 22.3. The van der Waals surface area contributed by atoms with Crippen LogP contribution in [0, 0.1) is 11.9 Å². The molecule has 2 N–H and O–H groups in total. The van der Waals surface area contributed by atoms with Crippen molar-refractivity contribution in [3.8, 4) is 0 Å². The van der Waals surface area contributed by atoms with Crippen LogP contribution in [-0.2, 0) is 0 Å². The van der Waals surface area contributed by atoms with Gasteiger partial charge in [-0.1, -0.05) is 0 Å². The molecule has 2 aliphatic rings. The zero-order chi connectivity index (χ0) is 16.2. The number of aromatic nitrogens is 1. The minimum atomic E-state index is -0.636. The first kappa shape index (κ1) is 16.1. The van der Waals surface area contributed by atoms with E-state index in [4.69, 9.17) is 0 Å². The van der Waals surface area contributed by atoms with Crippen molar-refractivity contribution in [1.82, 2.24) is 20.7 Å². The third kappa shape index (κ3) is 3.76. The lowest BCUT2D eigenvalue weighted by atomic mass is 10.1. The van der Waals surface area contributed by atoms with Crippen molar-refractivity contribution in [3.05, 3.63) is 23.8 Å². The summed E-state index contributed by atoms with van der Waals surface area (Å²) in [6.45, 7) is 3.70. The van der Waals surface area contributed by atoms with Crippen molar-refractivity contribution in [2.45, 2.75) is 6.42 Å². The van der Waals surface area contributed by atoms with Crippen LogP contribution < -0.4 is 15.6 Å². The second-order valence-electron chi connectivity index (χ2n) is 5.94. The first-order chi connectivity index (χ1) is 11.2. The summed E-state index contributed by atoms with van der Waals surface area (Å²) in [5.41, 5.74) is 3.11. The van der Waals surface area contributed by atoms with E-state index in [1.165, 1.54) is 6.07 Å². The Morgan fingerprint density at radius 2 is 2.13 bits per heavy atom. The Morgan fingerprint density at radius 1 is 1.35 bits per heavy atom. The highest BCUT2D eigenvalue weighted by atomic mass is 19.1. The van der Waals surface area contributed by atoms with E-state index in [0.717, 1.165) is 13.1 Å². The summed E-state index contributed by atoms with van der Waals surface area (Å²) in [7, 11) is 0. The van der Waals surface area contributed by atoms with E-state index in [2.05, 4.69) is 15.7 Å². The van der Waals surface area contributed by atoms with Gasteiger partial charge < -0.3 is 10.2 Å². The first-order valence-corrected chi connectivity index (χ1v) is 7.91. The van der Waals surface area contributed by atoms with Gasteiger partial charge in [-0.05, 0) is 18.6 Å². The summed E-state index contributed by atoms with van der Waals surface area (Å²) >= 11 is 0. The van der Waals surface area contributed by atoms with Crippen LogP contribution in [0.1, 0.15) is 16.9 Å². The quantitative estimate of drug-likeness (QED) is 0.793. The van der Waals surface area contributed by atoms with E-state index < -0.39 is 18.5 Å². The maximum absolute atomic E-state index is 14.2. The summed E-state index contributed by atoms with van der Waals surface area (Å²) < 4.78 is 26.8. The largest absolute Gasteiger partial charge is 0.365 e. The fraction of sp³-hybridized carbons (Fsp3) is 0.600. The lowest BCUT2D eigenvalue weighted by Crippen LogP contribution is -2.44. The average Bonchev–Trinajstić information content (AvgIpc) is 3.03. The summed E-state index contributed by atoms with van der Waals surface area (Å²) in [5, 5.41) is 4.86. The minimum Gasteiger partial charge on any atom is -0.365 e. The number of carbonyl (C=O) groups excluding carboxylic acids is 1. The van der Waals surface area contributed by atoms with Crippen LogP contribution in [0.25, 0.3) is 0 Å². The number of carbonyl (C=O) groups is 1. The third-order valence-corrected chi connectivity index (χ3v) is 4.28. The topological polar surface area (TPSA) is 60.5 Å². The molecule has 0 spiro atoms. The molecule has 0 radical (unpaired) electrons. The number of anilines is 1. The van der Waals surface area contributed by atoms with Gasteiger partial charge in [0.1, 0.15) is 5.69 Å². The van der Waals surface area contributed by atoms with Crippen molar-refractivity contribution in [3.63, 3.8) is 0 Å². The standard InChI is InChI=1S/C15H21F2N5O/c16-9-11-3-6-22(10-11)20-15(23)12-1-2-13(14(17)19-12)21-7-4-18-5-8-21/h1-2,11,18H,3-10H2,(H,20,23). The van der Waals surface area contributed by atoms with E-state index in [0.29, 0.717) is 38.3 Å². The molecule has 2 fully saturated rings. The number of pyridine rings is 1. The molecular formula is C15H21F2N5O. The van der Waals surface area contributed by atoms with Gasteiger partial charge in [0.2, 0.25) is 5.95 Å². The van der Waals surface area contributed by atoms with Crippen molar-refractivity contribution in [2.75, 3.05) is 50.8 Å². The highest BCUT2D eigenvalue weighted by molar-refractivity contribution is 5.92. The van der Waals surface area contributed by atoms with Crippen molar-refractivity contribution in [2.24, 2.45) is 5.92 Å². The van der Waals surface area contributed by atoms with Gasteiger partial charge in [-0.15, -0.1) is 0 Å². The highest BCUT2D eigenvalue weighted by Gasteiger charge is 2.25. The molecule has 0 aliphatic carbocycles. The lowest BCUT2D eigenvalue weighted by molar-refractivity contribution is 0.0812. The molecule has 2 saturated heterocycles. The molecule has 3 rings (SSSR count). The smallest absolute Gasteiger partial charge is 0.284 e. The number of alkyl halides is 1. The Hall–Kier alpha value is -1.80. The number of amides is 1. The average molecular weight is 325 g/mol. The molecule has 0 saturated carbocycles. The summed E-state index contributed by atoms with van der Waals surface area (Å²) in [4.78, 5) is 17.8. The molecule has 0 aromatic carbocycles. The lowest BCUT2D eigenvalue weighted by Gasteiger charge is -2.29. The van der Waals surface area contributed by atoms with Gasteiger partial charge in [-0.25, -0.2) is 9.99 Å². The van der Waals surface area contributed by atoms with E-state index in [9.17, 15) is 13.6 Å². The van der Waals surface area contributed by atoms with Gasteiger partial charge in [0, 0.05) is 45.2 Å². The predicted molar refractivity (Wildman–Crippen MR) is 82.4 cm³/mol. The van der Waals surface area contributed by atoms with Crippen LogP contribution >= 0.6 is 0 Å². The Balaban J connectivity index is 1.63. The van der Waals surface area contributed by atoms with Crippen LogP contribution in [0.15, 0.2) is 12.1 Å². The second-order valence-corrected chi connectivity index (χ2v) is 5.94. The van der Waals surface area contributed by atoms with E-state index >= 15 is 0 Å². The molecular weight excluding hydrogens is 304 g/mol. The number of rotatable bonds is 4. The van der Waals surface area contributed by atoms with Gasteiger partial charge in [-0.2, -0.15) is 4.39 Å². The minimum absolute atomic E-state index is 0.0325. The molecule has 126 valence electrons. The maximum Gasteiger partial charge on any atom is 0.284 e. The van der Waals surface area contributed by atoms with Crippen LogP contribution in [0.3, 0.4) is 0 Å². The van der Waals surface area contributed by atoms with E-state index in [-0.39, 0.29) is 11.6 Å². The zero-order valence-electron chi connectivity index (χ0n) is 12.9. The summed E-state index contributed by atoms with van der Waals surface area (Å²) in [6.07, 6.45) is 0.709. The van der Waals surface area contributed by atoms with Gasteiger partial charge in [0.15, 0.2) is 0 Å². The fourth-order valence-corrected chi connectivity index (χ4v) is 2.96. The van der Waals surface area contributed by atoms with Crippen molar-refractivity contribution >= 4 is 11.6 Å². The first-order valence-electron chi connectivity index (χ1n) is 7.91. The SMILES string of the molecule is O=C(NN1CCC(CF)C1)c1ccc(N2CCNCC2)c(F)n1. The Bertz CT molecular complexity index is 565. The Kier molecular flexibility index (Phi) is 5.02. The van der Waals surface area contributed by atoms with E-state index in [1.54, 1.807) is 11.1 Å². The van der Waals surface area contributed by atoms with Crippen molar-refractivity contribution < 1.29 is 13.6 Å². The van der Waals surface area contributed by atoms with Gasteiger partial charge in [0.05, 0.1) is 12.4 Å². The number of halogens is 2. The molecule has 1 aromatic rings. The second kappa shape index (κ2) is 7.18. The zero-order valence-corrected chi connectivity index (χ0v) is 12.9. The molecule has 2 aliphatic heterocycles. The molecule has 1 aromatic heterocycles. The summed E-state index contributed by atoms with van der Waals surface area (Å²) in [5.74, 6) is -1.15. The summed E-state index contributed by atoms with van der Waals surface area (Å²) in [6, 6.07) is 3.12. The van der Waals surface area contributed by atoms with Crippen LogP contribution in [-0.4, -0.2) is 61.8 Å². The Morgan fingerprint density at radius 3 is 2.78 bits per heavy atom. The van der Waals surface area contributed by atoms with Gasteiger partial charge in [0.25, 0.3) is 5.91 Å². The molecule has 0 bridgehead atoms. The van der Waals surface area contributed by atoms with Crippen LogP contribution in [0.2, 0.25) is 0 Å². The highest BCUT2D eigenvalue weighted by Crippen LogP contribution is 2.19. The van der Waals surface area contributed by atoms with E-state index in [1.807, 2.05) is 4.90 Å². The molecule has 8 heteroatoms. The van der Waals surface area contributed by atoms with Gasteiger partial charge >= 0.3 is 0 Å². The third-order valence-electron chi connectivity index (χ3n) is 4.28. The molecule has 23 heavy (non-hydrogen) atoms. The Labute approximate surface area is 133 Å². The maximum atomic E-state index is 14.2. The van der Waals surface area contributed by atoms with Crippen LogP contribution in [0.5, 0.6) is 0 Å². The monoisotopic (exact) mass is 325 g/mol. The number of hydrogen-bond donors (Lipinski definition) is 2. The molecule has 1 unspecified atom stereocenters. The number of hydrazine groups is 1. The number of nitrogens with zero attached hydrogens (tertiary/aromatic N) is 3. The predicted octanol–water partition coefficient (Wildman–Crippen LogP) is 0.566. The molecule has 3 heterocycles. The fourth-order valence-electron chi connectivity index (χ4n) is 2.96. The number of nitrogens with one attached hydrogen (secondary N) is 2. The molecule has 6 nitrogen and oxygen atoms in total. The molecule has 1 amide bonds. The number of hydrogen-bond acceptors (Lipinski definition) is 5. The molecule has 1 atom stereocenters. The van der Waals surface area contributed by atoms with Crippen molar-refractivity contribution in [1.29, 1.82) is 0 Å². The van der Waals surface area contributed by atoms with Crippen LogP contribution in [0.4, 0.5) is 14.5 Å².